The van der Waals surface area contributed by atoms with Gasteiger partial charge in [-0.2, -0.15) is 0 Å². The first kappa shape index (κ1) is 12.2. The molecule has 0 unspecified atom stereocenters. The molecule has 0 spiro atoms. The molecular formula is C12H16N4O2. The summed E-state index contributed by atoms with van der Waals surface area (Å²) in [5.74, 6) is 1.23. The number of nitrogens with zero attached hydrogens (tertiary/aromatic N) is 3. The van der Waals surface area contributed by atoms with E-state index in [2.05, 4.69) is 10.4 Å². The maximum Gasteiger partial charge on any atom is 0.351 e. The second-order valence-corrected chi connectivity index (χ2v) is 3.80. The molecule has 1 heterocycles. The highest BCUT2D eigenvalue weighted by atomic mass is 16.5. The summed E-state index contributed by atoms with van der Waals surface area (Å²) in [6.07, 6.45) is 0. The largest absolute Gasteiger partial charge is 0.497 e. The van der Waals surface area contributed by atoms with Gasteiger partial charge in [-0.15, -0.1) is 5.10 Å². The van der Waals surface area contributed by atoms with Crippen LogP contribution in [-0.2, 0) is 7.05 Å². The van der Waals surface area contributed by atoms with E-state index in [1.165, 1.54) is 9.25 Å². The van der Waals surface area contributed by atoms with Gasteiger partial charge in [0.15, 0.2) is 0 Å². The maximum atomic E-state index is 12.0. The van der Waals surface area contributed by atoms with Crippen LogP contribution in [0.2, 0.25) is 0 Å². The Morgan fingerprint density at radius 1 is 1.44 bits per heavy atom. The van der Waals surface area contributed by atoms with Crippen LogP contribution < -0.4 is 15.7 Å². The normalized spacial score (nSPS) is 10.4. The quantitative estimate of drug-likeness (QED) is 0.877. The SMILES string of the molecule is CCNc1nn(C)c(=O)n1-c1cccc(OC)c1. The molecule has 18 heavy (non-hydrogen) atoms. The lowest BCUT2D eigenvalue weighted by Gasteiger charge is -2.07. The number of aryl methyl sites for hydroxylation is 1. The maximum absolute atomic E-state index is 12.0. The van der Waals surface area contributed by atoms with Gasteiger partial charge in [0.2, 0.25) is 5.95 Å². The van der Waals surface area contributed by atoms with E-state index in [0.717, 1.165) is 5.69 Å². The van der Waals surface area contributed by atoms with Crippen molar-refractivity contribution >= 4 is 5.95 Å². The zero-order valence-electron chi connectivity index (χ0n) is 10.7. The fourth-order valence-corrected chi connectivity index (χ4v) is 1.72. The second kappa shape index (κ2) is 4.95. The van der Waals surface area contributed by atoms with Crippen LogP contribution in [-0.4, -0.2) is 28.0 Å². The van der Waals surface area contributed by atoms with Gasteiger partial charge in [-0.25, -0.2) is 14.0 Å². The highest BCUT2D eigenvalue weighted by molar-refractivity contribution is 5.44. The standard InChI is InChI=1S/C12H16N4O2/c1-4-13-11-14-15(2)12(17)16(11)9-6-5-7-10(8-9)18-3/h5-8H,4H2,1-3H3,(H,13,14). The van der Waals surface area contributed by atoms with Crippen LogP contribution in [0.1, 0.15) is 6.92 Å². The zero-order chi connectivity index (χ0) is 13.1. The first-order valence-corrected chi connectivity index (χ1v) is 5.71. The number of rotatable bonds is 4. The van der Waals surface area contributed by atoms with Gasteiger partial charge in [0.1, 0.15) is 5.75 Å². The van der Waals surface area contributed by atoms with Gasteiger partial charge in [-0.1, -0.05) is 6.07 Å². The monoisotopic (exact) mass is 248 g/mol. The Morgan fingerprint density at radius 3 is 2.89 bits per heavy atom. The zero-order valence-corrected chi connectivity index (χ0v) is 10.7. The van der Waals surface area contributed by atoms with Crippen molar-refractivity contribution in [3.05, 3.63) is 34.7 Å². The average Bonchev–Trinajstić information content (AvgIpc) is 2.65. The lowest BCUT2D eigenvalue weighted by atomic mass is 10.3. The molecule has 6 heteroatoms. The van der Waals surface area contributed by atoms with Crippen LogP contribution in [0.25, 0.3) is 5.69 Å². The van der Waals surface area contributed by atoms with Crippen molar-refractivity contribution < 1.29 is 4.74 Å². The first-order chi connectivity index (χ1) is 8.67. The van der Waals surface area contributed by atoms with Gasteiger partial charge < -0.3 is 10.1 Å². The molecule has 0 radical (unpaired) electrons. The van der Waals surface area contributed by atoms with Crippen molar-refractivity contribution in [2.75, 3.05) is 19.0 Å². The van der Waals surface area contributed by atoms with Gasteiger partial charge in [0.05, 0.1) is 12.8 Å². The third kappa shape index (κ3) is 2.09. The topological polar surface area (TPSA) is 61.1 Å². The van der Waals surface area contributed by atoms with E-state index in [1.807, 2.05) is 25.1 Å². The van der Waals surface area contributed by atoms with Crippen LogP contribution in [0.3, 0.4) is 0 Å². The molecule has 0 aliphatic heterocycles. The summed E-state index contributed by atoms with van der Waals surface area (Å²) in [4.78, 5) is 12.0. The predicted octanol–water partition coefficient (Wildman–Crippen LogP) is 1.01. The van der Waals surface area contributed by atoms with Gasteiger partial charge in [0.25, 0.3) is 0 Å². The molecule has 0 saturated carbocycles. The minimum atomic E-state index is -0.195. The number of hydrogen-bond donors (Lipinski definition) is 1. The van der Waals surface area contributed by atoms with Gasteiger partial charge in [-0.05, 0) is 19.1 Å². The van der Waals surface area contributed by atoms with E-state index in [9.17, 15) is 4.79 Å². The van der Waals surface area contributed by atoms with E-state index < -0.39 is 0 Å². The Bertz CT molecular complexity index is 600. The van der Waals surface area contributed by atoms with E-state index in [1.54, 1.807) is 20.2 Å². The molecule has 0 atom stereocenters. The molecule has 96 valence electrons. The predicted molar refractivity (Wildman–Crippen MR) is 69.5 cm³/mol. The van der Waals surface area contributed by atoms with E-state index in [4.69, 9.17) is 4.74 Å². The average molecular weight is 248 g/mol. The molecule has 0 fully saturated rings. The van der Waals surface area contributed by atoms with Crippen molar-refractivity contribution in [3.8, 4) is 11.4 Å². The van der Waals surface area contributed by atoms with Crippen LogP contribution >= 0.6 is 0 Å². The van der Waals surface area contributed by atoms with Gasteiger partial charge in [-0.3, -0.25) is 0 Å². The number of anilines is 1. The molecular weight excluding hydrogens is 232 g/mol. The van der Waals surface area contributed by atoms with Crippen molar-refractivity contribution in [1.29, 1.82) is 0 Å². The summed E-state index contributed by atoms with van der Waals surface area (Å²) in [5.41, 5.74) is 0.530. The third-order valence-corrected chi connectivity index (χ3v) is 2.57. The smallest absolute Gasteiger partial charge is 0.351 e. The Labute approximate surface area is 105 Å². The van der Waals surface area contributed by atoms with Crippen LogP contribution in [0, 0.1) is 0 Å². The van der Waals surface area contributed by atoms with Gasteiger partial charge >= 0.3 is 5.69 Å². The fourth-order valence-electron chi connectivity index (χ4n) is 1.72. The summed E-state index contributed by atoms with van der Waals surface area (Å²) < 4.78 is 7.98. The molecule has 0 saturated heterocycles. The number of methoxy groups -OCH3 is 1. The molecule has 6 nitrogen and oxygen atoms in total. The highest BCUT2D eigenvalue weighted by Crippen LogP contribution is 2.17. The molecule has 1 aromatic heterocycles. The molecule has 2 rings (SSSR count). The Hall–Kier alpha value is -2.24. The molecule has 0 amide bonds. The minimum Gasteiger partial charge on any atom is -0.497 e. The fraction of sp³-hybridized carbons (Fsp3) is 0.333. The molecule has 0 bridgehead atoms. The Morgan fingerprint density at radius 2 is 2.22 bits per heavy atom. The highest BCUT2D eigenvalue weighted by Gasteiger charge is 2.12. The van der Waals surface area contributed by atoms with Crippen LogP contribution in [0.5, 0.6) is 5.75 Å². The lowest BCUT2D eigenvalue weighted by Crippen LogP contribution is -2.22. The molecule has 0 aliphatic carbocycles. The number of aromatic nitrogens is 3. The lowest BCUT2D eigenvalue weighted by molar-refractivity contribution is 0.414. The third-order valence-electron chi connectivity index (χ3n) is 2.57. The number of nitrogens with one attached hydrogen (secondary N) is 1. The minimum absolute atomic E-state index is 0.195. The van der Waals surface area contributed by atoms with Crippen molar-refractivity contribution in [2.45, 2.75) is 6.92 Å². The van der Waals surface area contributed by atoms with E-state index in [0.29, 0.717) is 18.2 Å². The Balaban J connectivity index is 2.58. The summed E-state index contributed by atoms with van der Waals surface area (Å²) in [7, 11) is 3.22. The molecule has 2 aromatic rings. The first-order valence-electron chi connectivity index (χ1n) is 5.71. The summed E-state index contributed by atoms with van der Waals surface area (Å²) in [5, 5.41) is 7.21. The number of hydrogen-bond acceptors (Lipinski definition) is 4. The van der Waals surface area contributed by atoms with Crippen molar-refractivity contribution in [2.24, 2.45) is 7.05 Å². The molecule has 1 N–H and O–H groups in total. The van der Waals surface area contributed by atoms with Crippen LogP contribution in [0.4, 0.5) is 5.95 Å². The van der Waals surface area contributed by atoms with E-state index >= 15 is 0 Å². The molecule has 0 aliphatic rings. The van der Waals surface area contributed by atoms with Crippen LogP contribution in [0.15, 0.2) is 29.1 Å². The number of benzene rings is 1. The van der Waals surface area contributed by atoms with Gasteiger partial charge in [0, 0.05) is 19.7 Å². The van der Waals surface area contributed by atoms with E-state index in [-0.39, 0.29) is 5.69 Å². The summed E-state index contributed by atoms with van der Waals surface area (Å²) in [6, 6.07) is 7.30. The van der Waals surface area contributed by atoms with Crippen molar-refractivity contribution in [1.82, 2.24) is 14.3 Å². The summed E-state index contributed by atoms with van der Waals surface area (Å²) >= 11 is 0. The van der Waals surface area contributed by atoms with Crippen molar-refractivity contribution in [3.63, 3.8) is 0 Å². The molecule has 1 aromatic carbocycles. The Kier molecular flexibility index (Phi) is 3.36. The second-order valence-electron chi connectivity index (χ2n) is 3.80. The summed E-state index contributed by atoms with van der Waals surface area (Å²) in [6.45, 7) is 2.65. The number of ether oxygens (including phenoxy) is 1.